The van der Waals surface area contributed by atoms with Crippen LogP contribution in [0, 0.1) is 6.92 Å². The van der Waals surface area contributed by atoms with Crippen molar-refractivity contribution >= 4 is 27.7 Å². The molecule has 1 aromatic heterocycles. The summed E-state index contributed by atoms with van der Waals surface area (Å²) in [6.07, 6.45) is 0. The van der Waals surface area contributed by atoms with Gasteiger partial charge in [-0.05, 0) is 52.7 Å². The largest absolute Gasteiger partial charge is 0.392 e. The van der Waals surface area contributed by atoms with E-state index in [1.807, 2.05) is 43.3 Å². The molecule has 0 bridgehead atoms. The van der Waals surface area contributed by atoms with Crippen molar-refractivity contribution in [3.63, 3.8) is 0 Å². The summed E-state index contributed by atoms with van der Waals surface area (Å²) in [7, 11) is 0. The number of aliphatic hydroxyl groups excluding tert-OH is 1. The van der Waals surface area contributed by atoms with Crippen LogP contribution < -0.4 is 0 Å². The maximum atomic E-state index is 8.96. The van der Waals surface area contributed by atoms with Gasteiger partial charge < -0.3 is 5.11 Å². The zero-order valence-electron chi connectivity index (χ0n) is 9.35. The Morgan fingerprint density at radius 3 is 2.47 bits per heavy atom. The van der Waals surface area contributed by atoms with Crippen LogP contribution >= 0.6 is 27.7 Å². The third-order valence-corrected chi connectivity index (χ3v) is 4.11. The Bertz CT molecular complexity index is 513. The van der Waals surface area contributed by atoms with Crippen LogP contribution in [0.15, 0.2) is 50.8 Å². The van der Waals surface area contributed by atoms with Gasteiger partial charge in [-0.3, -0.25) is 0 Å². The van der Waals surface area contributed by atoms with Gasteiger partial charge in [0.25, 0.3) is 0 Å². The van der Waals surface area contributed by atoms with Gasteiger partial charge in [-0.1, -0.05) is 23.9 Å². The fourth-order valence-electron chi connectivity index (χ4n) is 1.36. The van der Waals surface area contributed by atoms with Crippen molar-refractivity contribution in [3.8, 4) is 0 Å². The minimum Gasteiger partial charge on any atom is -0.392 e. The lowest BCUT2D eigenvalue weighted by atomic mass is 10.2. The molecule has 0 saturated heterocycles. The molecule has 0 unspecified atom stereocenters. The van der Waals surface area contributed by atoms with Crippen LogP contribution in [0.3, 0.4) is 0 Å². The van der Waals surface area contributed by atoms with Gasteiger partial charge in [0.05, 0.1) is 12.3 Å². The average molecular weight is 310 g/mol. The summed E-state index contributed by atoms with van der Waals surface area (Å²) in [5, 5.41) is 9.94. The van der Waals surface area contributed by atoms with Crippen molar-refractivity contribution in [1.29, 1.82) is 0 Å². The molecule has 2 rings (SSSR count). The molecule has 0 saturated carbocycles. The lowest BCUT2D eigenvalue weighted by molar-refractivity contribution is 0.282. The maximum absolute atomic E-state index is 8.96. The molecule has 0 aliphatic heterocycles. The first-order chi connectivity index (χ1) is 8.19. The number of benzene rings is 1. The van der Waals surface area contributed by atoms with E-state index in [1.54, 1.807) is 11.8 Å². The minimum atomic E-state index is 0.0839. The summed E-state index contributed by atoms with van der Waals surface area (Å²) in [4.78, 5) is 5.60. The fourth-order valence-corrected chi connectivity index (χ4v) is 2.41. The first kappa shape index (κ1) is 12.6. The summed E-state index contributed by atoms with van der Waals surface area (Å²) in [5.41, 5.74) is 1.91. The predicted octanol–water partition coefficient (Wildman–Crippen LogP) is 3.80. The number of aryl methyl sites for hydroxylation is 1. The summed E-state index contributed by atoms with van der Waals surface area (Å²) < 4.78 is 1.03. The van der Waals surface area contributed by atoms with Crippen molar-refractivity contribution in [2.24, 2.45) is 0 Å². The van der Waals surface area contributed by atoms with Gasteiger partial charge in [0.1, 0.15) is 5.03 Å². The number of hydrogen-bond acceptors (Lipinski definition) is 3. The van der Waals surface area contributed by atoms with E-state index >= 15 is 0 Å². The Labute approximate surface area is 113 Å². The van der Waals surface area contributed by atoms with E-state index in [9.17, 15) is 0 Å². The highest BCUT2D eigenvalue weighted by Crippen LogP contribution is 2.28. The van der Waals surface area contributed by atoms with Gasteiger partial charge in [-0.15, -0.1) is 0 Å². The number of rotatable bonds is 3. The molecule has 0 spiro atoms. The Kier molecular flexibility index (Phi) is 4.20. The van der Waals surface area contributed by atoms with E-state index in [4.69, 9.17) is 5.11 Å². The van der Waals surface area contributed by atoms with E-state index in [2.05, 4.69) is 20.9 Å². The standard InChI is InChI=1S/C13H12BrNOS/c1-9-12(14)6-7-13(15-9)17-11-4-2-10(8-16)3-5-11/h2-7,16H,8H2,1H3. The highest BCUT2D eigenvalue weighted by atomic mass is 79.9. The van der Waals surface area contributed by atoms with E-state index < -0.39 is 0 Å². The summed E-state index contributed by atoms with van der Waals surface area (Å²) in [5.74, 6) is 0. The van der Waals surface area contributed by atoms with Gasteiger partial charge in [0.15, 0.2) is 0 Å². The van der Waals surface area contributed by atoms with Crippen LogP contribution in [-0.2, 0) is 6.61 Å². The fraction of sp³-hybridized carbons (Fsp3) is 0.154. The van der Waals surface area contributed by atoms with E-state index in [0.717, 1.165) is 25.7 Å². The first-order valence-corrected chi connectivity index (χ1v) is 6.81. The third kappa shape index (κ3) is 3.31. The highest BCUT2D eigenvalue weighted by molar-refractivity contribution is 9.10. The number of aromatic nitrogens is 1. The number of pyridine rings is 1. The van der Waals surface area contributed by atoms with E-state index in [0.29, 0.717) is 0 Å². The smallest absolute Gasteiger partial charge is 0.101 e. The van der Waals surface area contributed by atoms with Crippen molar-refractivity contribution in [3.05, 3.63) is 52.1 Å². The second-order valence-corrected chi connectivity index (χ2v) is 5.57. The molecule has 0 amide bonds. The molecule has 1 heterocycles. The highest BCUT2D eigenvalue weighted by Gasteiger charge is 2.02. The Morgan fingerprint density at radius 2 is 1.88 bits per heavy atom. The lowest BCUT2D eigenvalue weighted by Crippen LogP contribution is -1.86. The van der Waals surface area contributed by atoms with Crippen LogP contribution in [0.5, 0.6) is 0 Å². The molecule has 2 nitrogen and oxygen atoms in total. The van der Waals surface area contributed by atoms with Crippen LogP contribution in [0.25, 0.3) is 0 Å². The third-order valence-electron chi connectivity index (χ3n) is 2.32. The Balaban J connectivity index is 2.16. The zero-order valence-corrected chi connectivity index (χ0v) is 11.8. The van der Waals surface area contributed by atoms with E-state index in [1.165, 1.54) is 0 Å². The van der Waals surface area contributed by atoms with Crippen LogP contribution in [0.2, 0.25) is 0 Å². The Hall–Kier alpha value is -0.840. The number of halogens is 1. The number of hydrogen-bond donors (Lipinski definition) is 1. The second-order valence-electron chi connectivity index (χ2n) is 3.62. The van der Waals surface area contributed by atoms with Crippen molar-refractivity contribution < 1.29 is 5.11 Å². The topological polar surface area (TPSA) is 33.1 Å². The first-order valence-electron chi connectivity index (χ1n) is 5.20. The lowest BCUT2D eigenvalue weighted by Gasteiger charge is -2.04. The second kappa shape index (κ2) is 5.67. The van der Waals surface area contributed by atoms with E-state index in [-0.39, 0.29) is 6.61 Å². The van der Waals surface area contributed by atoms with Gasteiger partial charge in [0, 0.05) is 9.37 Å². The van der Waals surface area contributed by atoms with Gasteiger partial charge in [-0.25, -0.2) is 4.98 Å². The molecular formula is C13H12BrNOS. The summed E-state index contributed by atoms with van der Waals surface area (Å²) in [6, 6.07) is 11.8. The van der Waals surface area contributed by atoms with Crippen LogP contribution in [-0.4, -0.2) is 10.1 Å². The predicted molar refractivity (Wildman–Crippen MR) is 73.2 cm³/mol. The van der Waals surface area contributed by atoms with Crippen molar-refractivity contribution in [2.45, 2.75) is 23.5 Å². The molecule has 0 radical (unpaired) electrons. The SMILES string of the molecule is Cc1nc(Sc2ccc(CO)cc2)ccc1Br. The van der Waals surface area contributed by atoms with Gasteiger partial charge in [0.2, 0.25) is 0 Å². The molecule has 2 aromatic rings. The van der Waals surface area contributed by atoms with Crippen LogP contribution in [0.4, 0.5) is 0 Å². The van der Waals surface area contributed by atoms with Crippen molar-refractivity contribution in [2.75, 3.05) is 0 Å². The Morgan fingerprint density at radius 1 is 1.18 bits per heavy atom. The van der Waals surface area contributed by atoms with Gasteiger partial charge >= 0.3 is 0 Å². The monoisotopic (exact) mass is 309 g/mol. The summed E-state index contributed by atoms with van der Waals surface area (Å²) in [6.45, 7) is 2.06. The molecule has 0 aliphatic carbocycles. The quantitative estimate of drug-likeness (QED) is 0.936. The molecule has 0 atom stereocenters. The number of nitrogens with zero attached hydrogens (tertiary/aromatic N) is 1. The number of aliphatic hydroxyl groups is 1. The minimum absolute atomic E-state index is 0.0839. The molecule has 4 heteroatoms. The molecule has 88 valence electrons. The van der Waals surface area contributed by atoms with Crippen molar-refractivity contribution in [1.82, 2.24) is 4.98 Å². The summed E-state index contributed by atoms with van der Waals surface area (Å²) >= 11 is 5.05. The molecule has 17 heavy (non-hydrogen) atoms. The average Bonchev–Trinajstić information content (AvgIpc) is 2.35. The molecule has 0 aliphatic rings. The molecule has 1 N–H and O–H groups in total. The normalized spacial score (nSPS) is 10.5. The van der Waals surface area contributed by atoms with Crippen LogP contribution in [0.1, 0.15) is 11.3 Å². The molecule has 0 fully saturated rings. The van der Waals surface area contributed by atoms with Gasteiger partial charge in [-0.2, -0.15) is 0 Å². The molecule has 1 aromatic carbocycles. The maximum Gasteiger partial charge on any atom is 0.101 e. The molecular weight excluding hydrogens is 298 g/mol. The zero-order chi connectivity index (χ0) is 12.3.